The Balaban J connectivity index is 2.29. The van der Waals surface area contributed by atoms with Gasteiger partial charge in [0.15, 0.2) is 0 Å². The predicted molar refractivity (Wildman–Crippen MR) is 67.3 cm³/mol. The van der Waals surface area contributed by atoms with Crippen LogP contribution in [-0.4, -0.2) is 15.7 Å². The SMILES string of the molecule is CC(=O)Nc1ccc(-n2nc(C)cc2C)cc1. The summed E-state index contributed by atoms with van der Waals surface area (Å²) in [5, 5.41) is 7.14. The highest BCUT2D eigenvalue weighted by Gasteiger charge is 2.03. The first-order chi connectivity index (χ1) is 8.06. The van der Waals surface area contributed by atoms with Crippen molar-refractivity contribution in [2.45, 2.75) is 20.8 Å². The highest BCUT2D eigenvalue weighted by Crippen LogP contribution is 2.15. The van der Waals surface area contributed by atoms with Gasteiger partial charge < -0.3 is 5.32 Å². The molecule has 1 amide bonds. The van der Waals surface area contributed by atoms with Gasteiger partial charge in [0, 0.05) is 18.3 Å². The smallest absolute Gasteiger partial charge is 0.221 e. The van der Waals surface area contributed by atoms with Crippen molar-refractivity contribution in [3.8, 4) is 5.69 Å². The van der Waals surface area contributed by atoms with Crippen molar-refractivity contribution in [1.82, 2.24) is 9.78 Å². The summed E-state index contributed by atoms with van der Waals surface area (Å²) in [5.74, 6) is -0.0659. The zero-order valence-electron chi connectivity index (χ0n) is 10.2. The first kappa shape index (κ1) is 11.4. The number of amides is 1. The van der Waals surface area contributed by atoms with Crippen LogP contribution in [0.25, 0.3) is 5.69 Å². The second-order valence-electron chi connectivity index (χ2n) is 4.07. The summed E-state index contributed by atoms with van der Waals surface area (Å²) < 4.78 is 1.88. The molecule has 2 rings (SSSR count). The molecule has 0 spiro atoms. The molecule has 2 aromatic rings. The number of carbonyl (C=O) groups is 1. The highest BCUT2D eigenvalue weighted by molar-refractivity contribution is 5.88. The molecule has 0 saturated heterocycles. The van der Waals surface area contributed by atoms with E-state index in [0.29, 0.717) is 0 Å². The van der Waals surface area contributed by atoms with Crippen molar-refractivity contribution >= 4 is 11.6 Å². The number of aryl methyl sites for hydroxylation is 2. The predicted octanol–water partition coefficient (Wildman–Crippen LogP) is 2.45. The van der Waals surface area contributed by atoms with Gasteiger partial charge in [0.25, 0.3) is 0 Å². The topological polar surface area (TPSA) is 46.9 Å². The van der Waals surface area contributed by atoms with E-state index < -0.39 is 0 Å². The third kappa shape index (κ3) is 2.53. The molecule has 0 radical (unpaired) electrons. The summed E-state index contributed by atoms with van der Waals surface area (Å²) in [6, 6.07) is 9.64. The average Bonchev–Trinajstić information content (AvgIpc) is 2.58. The van der Waals surface area contributed by atoms with Crippen molar-refractivity contribution in [1.29, 1.82) is 0 Å². The largest absolute Gasteiger partial charge is 0.326 e. The van der Waals surface area contributed by atoms with E-state index in [1.54, 1.807) is 0 Å². The fourth-order valence-corrected chi connectivity index (χ4v) is 1.78. The zero-order chi connectivity index (χ0) is 12.4. The van der Waals surface area contributed by atoms with Crippen LogP contribution >= 0.6 is 0 Å². The summed E-state index contributed by atoms with van der Waals surface area (Å²) in [6.07, 6.45) is 0. The lowest BCUT2D eigenvalue weighted by molar-refractivity contribution is -0.114. The molecule has 1 N–H and O–H groups in total. The van der Waals surface area contributed by atoms with Gasteiger partial charge in [0.2, 0.25) is 5.91 Å². The van der Waals surface area contributed by atoms with Crippen LogP contribution in [0, 0.1) is 13.8 Å². The lowest BCUT2D eigenvalue weighted by atomic mass is 10.2. The van der Waals surface area contributed by atoms with Gasteiger partial charge in [-0.05, 0) is 44.2 Å². The number of hydrogen-bond acceptors (Lipinski definition) is 2. The molecule has 0 aliphatic carbocycles. The first-order valence-electron chi connectivity index (χ1n) is 5.47. The fourth-order valence-electron chi connectivity index (χ4n) is 1.78. The Hall–Kier alpha value is -2.10. The Kier molecular flexibility index (Phi) is 2.95. The number of carbonyl (C=O) groups excluding carboxylic acids is 1. The molecule has 4 heteroatoms. The van der Waals surface area contributed by atoms with Crippen LogP contribution in [-0.2, 0) is 4.79 Å². The molecular weight excluding hydrogens is 214 g/mol. The van der Waals surface area contributed by atoms with Gasteiger partial charge >= 0.3 is 0 Å². The number of rotatable bonds is 2. The van der Waals surface area contributed by atoms with Crippen LogP contribution in [0.1, 0.15) is 18.3 Å². The molecule has 0 aliphatic heterocycles. The Morgan fingerprint density at radius 1 is 1.24 bits per heavy atom. The number of benzene rings is 1. The summed E-state index contributed by atoms with van der Waals surface area (Å²) in [6.45, 7) is 5.48. The van der Waals surface area contributed by atoms with Gasteiger partial charge in [-0.25, -0.2) is 4.68 Å². The quantitative estimate of drug-likeness (QED) is 0.859. The Morgan fingerprint density at radius 3 is 2.35 bits per heavy atom. The van der Waals surface area contributed by atoms with Crippen molar-refractivity contribution in [3.05, 3.63) is 41.7 Å². The van der Waals surface area contributed by atoms with E-state index in [4.69, 9.17) is 0 Å². The Morgan fingerprint density at radius 2 is 1.88 bits per heavy atom. The molecule has 0 atom stereocenters. The van der Waals surface area contributed by atoms with Crippen LogP contribution in [0.3, 0.4) is 0 Å². The lowest BCUT2D eigenvalue weighted by Gasteiger charge is -2.06. The lowest BCUT2D eigenvalue weighted by Crippen LogP contribution is -2.06. The van der Waals surface area contributed by atoms with E-state index in [1.807, 2.05) is 48.9 Å². The van der Waals surface area contributed by atoms with Crippen molar-refractivity contribution in [2.24, 2.45) is 0 Å². The fraction of sp³-hybridized carbons (Fsp3) is 0.231. The molecule has 17 heavy (non-hydrogen) atoms. The van der Waals surface area contributed by atoms with Crippen LogP contribution in [0.4, 0.5) is 5.69 Å². The molecule has 1 heterocycles. The molecule has 0 bridgehead atoms. The van der Waals surface area contributed by atoms with Gasteiger partial charge in [-0.2, -0.15) is 5.10 Å². The number of aromatic nitrogens is 2. The Bertz CT molecular complexity index is 540. The normalized spacial score (nSPS) is 10.3. The minimum atomic E-state index is -0.0659. The van der Waals surface area contributed by atoms with Gasteiger partial charge in [-0.15, -0.1) is 0 Å². The van der Waals surface area contributed by atoms with E-state index in [-0.39, 0.29) is 5.91 Å². The second kappa shape index (κ2) is 4.41. The average molecular weight is 229 g/mol. The van der Waals surface area contributed by atoms with Gasteiger partial charge in [-0.1, -0.05) is 0 Å². The maximum atomic E-state index is 10.9. The van der Waals surface area contributed by atoms with E-state index in [0.717, 1.165) is 22.8 Å². The third-order valence-electron chi connectivity index (χ3n) is 2.44. The number of nitrogens with one attached hydrogen (secondary N) is 1. The standard InChI is InChI=1S/C13H15N3O/c1-9-8-10(2)16(15-9)13-6-4-12(5-7-13)14-11(3)17/h4-8H,1-3H3,(H,14,17). The minimum absolute atomic E-state index is 0.0659. The van der Waals surface area contributed by atoms with Crippen LogP contribution in [0.5, 0.6) is 0 Å². The summed E-state index contributed by atoms with van der Waals surface area (Å²) >= 11 is 0. The van der Waals surface area contributed by atoms with Crippen molar-refractivity contribution in [2.75, 3.05) is 5.32 Å². The number of hydrogen-bond donors (Lipinski definition) is 1. The Labute approximate surface area is 100 Å². The second-order valence-corrected chi connectivity index (χ2v) is 4.07. The van der Waals surface area contributed by atoms with Crippen LogP contribution < -0.4 is 5.32 Å². The zero-order valence-corrected chi connectivity index (χ0v) is 10.2. The van der Waals surface area contributed by atoms with E-state index in [1.165, 1.54) is 6.92 Å². The molecule has 0 saturated carbocycles. The van der Waals surface area contributed by atoms with Crippen molar-refractivity contribution < 1.29 is 4.79 Å². The molecule has 0 unspecified atom stereocenters. The maximum Gasteiger partial charge on any atom is 0.221 e. The molecular formula is C13H15N3O. The summed E-state index contributed by atoms with van der Waals surface area (Å²) in [5.41, 5.74) is 3.87. The monoisotopic (exact) mass is 229 g/mol. The van der Waals surface area contributed by atoms with Gasteiger partial charge in [-0.3, -0.25) is 4.79 Å². The molecule has 4 nitrogen and oxygen atoms in total. The summed E-state index contributed by atoms with van der Waals surface area (Å²) in [4.78, 5) is 10.9. The first-order valence-corrected chi connectivity index (χ1v) is 5.47. The van der Waals surface area contributed by atoms with Crippen LogP contribution in [0.15, 0.2) is 30.3 Å². The van der Waals surface area contributed by atoms with E-state index in [2.05, 4.69) is 10.4 Å². The van der Waals surface area contributed by atoms with Gasteiger partial charge in [0.1, 0.15) is 0 Å². The van der Waals surface area contributed by atoms with E-state index >= 15 is 0 Å². The molecule has 0 fully saturated rings. The molecule has 0 aliphatic rings. The third-order valence-corrected chi connectivity index (χ3v) is 2.44. The highest BCUT2D eigenvalue weighted by atomic mass is 16.1. The molecule has 88 valence electrons. The number of anilines is 1. The van der Waals surface area contributed by atoms with E-state index in [9.17, 15) is 4.79 Å². The van der Waals surface area contributed by atoms with Crippen molar-refractivity contribution in [3.63, 3.8) is 0 Å². The summed E-state index contributed by atoms with van der Waals surface area (Å²) in [7, 11) is 0. The molecule has 1 aromatic carbocycles. The molecule has 1 aromatic heterocycles. The van der Waals surface area contributed by atoms with Crippen LogP contribution in [0.2, 0.25) is 0 Å². The van der Waals surface area contributed by atoms with Gasteiger partial charge in [0.05, 0.1) is 11.4 Å². The number of nitrogens with zero attached hydrogens (tertiary/aromatic N) is 2. The maximum absolute atomic E-state index is 10.9. The minimum Gasteiger partial charge on any atom is -0.326 e.